The highest BCUT2D eigenvalue weighted by atomic mass is 19.2. The summed E-state index contributed by atoms with van der Waals surface area (Å²) in [5.74, 6) is -1.65. The lowest BCUT2D eigenvalue weighted by atomic mass is 9.88. The number of aryl methyl sites for hydroxylation is 1. The highest BCUT2D eigenvalue weighted by molar-refractivity contribution is 6.08. The number of nitrogens with one attached hydrogen (secondary N) is 1. The van der Waals surface area contributed by atoms with E-state index in [0.29, 0.717) is 34.7 Å². The van der Waals surface area contributed by atoms with E-state index in [2.05, 4.69) is 24.1 Å². The van der Waals surface area contributed by atoms with Crippen molar-refractivity contribution in [3.8, 4) is 0 Å². The molecule has 158 valence electrons. The van der Waals surface area contributed by atoms with Gasteiger partial charge in [-0.1, -0.05) is 13.8 Å². The molecule has 0 fully saturated rings. The lowest BCUT2D eigenvalue weighted by Gasteiger charge is -2.22. The lowest BCUT2D eigenvalue weighted by molar-refractivity contribution is 0.0964. The molecule has 0 saturated carbocycles. The van der Waals surface area contributed by atoms with Gasteiger partial charge in [0.05, 0.1) is 16.6 Å². The molecule has 1 N–H and O–H groups in total. The number of carbonyl (C=O) groups excluding carboxylic acids is 1. The second kappa shape index (κ2) is 8.13. The largest absolute Gasteiger partial charge is 0.355 e. The molecule has 1 amide bonds. The number of carbonyl (C=O) groups is 1. The van der Waals surface area contributed by atoms with Crippen LogP contribution in [0.1, 0.15) is 61.1 Å². The normalized spacial score (nSPS) is 18.4. The number of benzene rings is 1. The number of rotatable bonds is 3. The third kappa shape index (κ3) is 3.46. The first kappa shape index (κ1) is 20.4. The predicted molar refractivity (Wildman–Crippen MR) is 114 cm³/mol. The van der Waals surface area contributed by atoms with Crippen molar-refractivity contribution in [2.45, 2.75) is 46.0 Å². The molecule has 0 aliphatic heterocycles. The van der Waals surface area contributed by atoms with Crippen LogP contribution in [0.25, 0.3) is 16.7 Å². The Morgan fingerprint density at radius 3 is 2.70 bits per heavy atom. The number of hydrogen-bond donors (Lipinski definition) is 1. The maximum absolute atomic E-state index is 14.1. The van der Waals surface area contributed by atoms with Crippen LogP contribution in [0.15, 0.2) is 23.2 Å². The Morgan fingerprint density at radius 1 is 1.23 bits per heavy atom. The number of halogens is 2. The molecular formula is C23H26F2N4O. The number of hydrogen-bond acceptors (Lipinski definition) is 3. The molecule has 1 aliphatic rings. The fraction of sp³-hybridized carbons (Fsp3) is 0.435. The third-order valence-corrected chi connectivity index (χ3v) is 5.86. The molecule has 1 unspecified atom stereocenters. The lowest BCUT2D eigenvalue weighted by Crippen LogP contribution is -2.22. The molecule has 1 aromatic carbocycles. The molecule has 3 aromatic rings. The number of pyridine rings is 1. The van der Waals surface area contributed by atoms with Gasteiger partial charge in [0.25, 0.3) is 5.91 Å². The minimum Gasteiger partial charge on any atom is -0.355 e. The highest BCUT2D eigenvalue weighted by Crippen LogP contribution is 2.31. The number of aromatic nitrogens is 2. The molecule has 1 aliphatic carbocycles. The molecule has 0 radical (unpaired) electrons. The van der Waals surface area contributed by atoms with Gasteiger partial charge in [0.15, 0.2) is 17.3 Å². The summed E-state index contributed by atoms with van der Waals surface area (Å²) in [7, 11) is 1.56. The molecule has 2 heterocycles. The summed E-state index contributed by atoms with van der Waals surface area (Å²) in [4.78, 5) is 22.0. The van der Waals surface area contributed by atoms with Crippen molar-refractivity contribution in [1.82, 2.24) is 14.7 Å². The van der Waals surface area contributed by atoms with Crippen LogP contribution in [0.5, 0.6) is 0 Å². The van der Waals surface area contributed by atoms with Crippen molar-refractivity contribution < 1.29 is 13.6 Å². The summed E-state index contributed by atoms with van der Waals surface area (Å²) in [5.41, 5.74) is 4.42. The zero-order valence-corrected chi connectivity index (χ0v) is 17.6. The summed E-state index contributed by atoms with van der Waals surface area (Å²) in [6.07, 6.45) is 4.49. The van der Waals surface area contributed by atoms with Gasteiger partial charge >= 0.3 is 0 Å². The number of nitrogens with zero attached hydrogens (tertiary/aromatic N) is 3. The summed E-state index contributed by atoms with van der Waals surface area (Å²) >= 11 is 0. The standard InChI is InChI=1S/C23H26F2N4O/c1-4-9-27-18-7-5-13(2)6-8-20-14(18)10-15(23(30)26-3)22-28-19-11-16(24)17(25)12-21(19)29(20)22/h10-13H,4-9H2,1-3H3,(H,26,30). The number of fused-ring (bicyclic) bond motifs is 5. The Kier molecular flexibility index (Phi) is 5.54. The average Bonchev–Trinajstić information content (AvgIpc) is 3.08. The SMILES string of the molecule is CCCN=C1CCC(C)CCc2c1cc(C(=O)NC)c1nc3cc(F)c(F)cc3n21. The van der Waals surface area contributed by atoms with E-state index in [4.69, 9.17) is 4.99 Å². The summed E-state index contributed by atoms with van der Waals surface area (Å²) in [5, 5.41) is 2.66. The van der Waals surface area contributed by atoms with Crippen molar-refractivity contribution in [2.24, 2.45) is 10.9 Å². The molecule has 7 heteroatoms. The smallest absolute Gasteiger partial charge is 0.254 e. The van der Waals surface area contributed by atoms with Gasteiger partial charge in [-0.05, 0) is 44.1 Å². The van der Waals surface area contributed by atoms with Crippen LogP contribution in [0, 0.1) is 17.6 Å². The molecule has 2 aromatic heterocycles. The molecule has 5 nitrogen and oxygen atoms in total. The van der Waals surface area contributed by atoms with Gasteiger partial charge in [-0.3, -0.25) is 14.2 Å². The first-order valence-corrected chi connectivity index (χ1v) is 10.5. The summed E-state index contributed by atoms with van der Waals surface area (Å²) in [6, 6.07) is 4.12. The zero-order chi connectivity index (χ0) is 21.4. The zero-order valence-electron chi connectivity index (χ0n) is 17.6. The fourth-order valence-electron chi connectivity index (χ4n) is 4.19. The summed E-state index contributed by atoms with van der Waals surface area (Å²) < 4.78 is 29.9. The average molecular weight is 412 g/mol. The minimum atomic E-state index is -0.950. The second-order valence-electron chi connectivity index (χ2n) is 8.03. The van der Waals surface area contributed by atoms with Gasteiger partial charge in [0.1, 0.15) is 0 Å². The Labute approximate surface area is 174 Å². The van der Waals surface area contributed by atoms with Crippen LogP contribution in [0.3, 0.4) is 0 Å². The second-order valence-corrected chi connectivity index (χ2v) is 8.03. The van der Waals surface area contributed by atoms with Gasteiger partial charge in [-0.2, -0.15) is 0 Å². The van der Waals surface area contributed by atoms with Gasteiger partial charge in [-0.25, -0.2) is 13.8 Å². The Morgan fingerprint density at radius 2 is 1.97 bits per heavy atom. The first-order chi connectivity index (χ1) is 14.4. The first-order valence-electron chi connectivity index (χ1n) is 10.5. The Balaban J connectivity index is 2.12. The van der Waals surface area contributed by atoms with Crippen LogP contribution in [0.2, 0.25) is 0 Å². The molecule has 1 atom stereocenters. The van der Waals surface area contributed by atoms with E-state index in [9.17, 15) is 13.6 Å². The fourth-order valence-corrected chi connectivity index (χ4v) is 4.19. The third-order valence-electron chi connectivity index (χ3n) is 5.86. The monoisotopic (exact) mass is 412 g/mol. The maximum Gasteiger partial charge on any atom is 0.254 e. The molecular weight excluding hydrogens is 386 g/mol. The molecule has 0 saturated heterocycles. The van der Waals surface area contributed by atoms with Crippen LogP contribution in [0.4, 0.5) is 8.78 Å². The minimum absolute atomic E-state index is 0.288. The molecule has 0 bridgehead atoms. The van der Waals surface area contributed by atoms with Gasteiger partial charge < -0.3 is 5.32 Å². The van der Waals surface area contributed by atoms with Crippen LogP contribution >= 0.6 is 0 Å². The maximum atomic E-state index is 14.1. The quantitative estimate of drug-likeness (QED) is 0.679. The van der Waals surface area contributed by atoms with E-state index >= 15 is 0 Å². The molecule has 30 heavy (non-hydrogen) atoms. The van der Waals surface area contributed by atoms with Crippen molar-refractivity contribution in [1.29, 1.82) is 0 Å². The van der Waals surface area contributed by atoms with Crippen molar-refractivity contribution >= 4 is 28.3 Å². The Hall–Kier alpha value is -2.83. The number of imidazole rings is 1. The van der Waals surface area contributed by atoms with E-state index in [0.717, 1.165) is 55.1 Å². The van der Waals surface area contributed by atoms with Crippen LogP contribution in [-0.2, 0) is 6.42 Å². The van der Waals surface area contributed by atoms with E-state index < -0.39 is 11.6 Å². The van der Waals surface area contributed by atoms with Crippen LogP contribution < -0.4 is 5.32 Å². The van der Waals surface area contributed by atoms with Gasteiger partial charge in [-0.15, -0.1) is 0 Å². The van der Waals surface area contributed by atoms with Gasteiger partial charge in [0.2, 0.25) is 0 Å². The topological polar surface area (TPSA) is 58.8 Å². The number of aliphatic imine (C=N–C) groups is 1. The van der Waals surface area contributed by atoms with Crippen LogP contribution in [-0.4, -0.2) is 34.6 Å². The van der Waals surface area contributed by atoms with Crippen molar-refractivity contribution in [3.63, 3.8) is 0 Å². The van der Waals surface area contributed by atoms with E-state index in [1.54, 1.807) is 7.05 Å². The van der Waals surface area contributed by atoms with E-state index in [1.807, 2.05) is 10.5 Å². The Bertz CT molecular complexity index is 1170. The number of amides is 1. The van der Waals surface area contributed by atoms with Crippen molar-refractivity contribution in [2.75, 3.05) is 13.6 Å². The predicted octanol–water partition coefficient (Wildman–Crippen LogP) is 4.69. The van der Waals surface area contributed by atoms with E-state index in [1.165, 1.54) is 6.07 Å². The molecule has 4 rings (SSSR count). The highest BCUT2D eigenvalue weighted by Gasteiger charge is 2.25. The molecule has 0 spiro atoms. The summed E-state index contributed by atoms with van der Waals surface area (Å²) in [6.45, 7) is 5.01. The van der Waals surface area contributed by atoms with Gasteiger partial charge in [0, 0.05) is 42.7 Å². The van der Waals surface area contributed by atoms with E-state index in [-0.39, 0.29) is 5.91 Å². The van der Waals surface area contributed by atoms with Crippen molar-refractivity contribution in [3.05, 3.63) is 46.7 Å².